The highest BCUT2D eigenvalue weighted by atomic mass is 16.2. The molecule has 4 N–H and O–H groups in total. The van der Waals surface area contributed by atoms with Crippen LogP contribution in [0.1, 0.15) is 47.8 Å². The van der Waals surface area contributed by atoms with Crippen molar-refractivity contribution in [2.45, 2.75) is 37.8 Å². The van der Waals surface area contributed by atoms with Gasteiger partial charge in [-0.1, -0.05) is 61.4 Å². The van der Waals surface area contributed by atoms with Gasteiger partial charge < -0.3 is 16.0 Å². The van der Waals surface area contributed by atoms with Gasteiger partial charge in [-0.2, -0.15) is 5.10 Å². The molecule has 2 heterocycles. The Balaban J connectivity index is 1.24. The lowest BCUT2D eigenvalue weighted by atomic mass is 9.82. The van der Waals surface area contributed by atoms with Crippen LogP contribution in [-0.4, -0.2) is 69.9 Å². The number of nitrogens with two attached hydrogens (primary N) is 1. The van der Waals surface area contributed by atoms with Crippen molar-refractivity contribution >= 4 is 28.6 Å². The molecule has 2 aliphatic rings. The van der Waals surface area contributed by atoms with E-state index in [2.05, 4.69) is 20.4 Å². The van der Waals surface area contributed by atoms with Crippen molar-refractivity contribution in [1.29, 1.82) is 0 Å². The van der Waals surface area contributed by atoms with Crippen LogP contribution in [0.25, 0.3) is 10.9 Å². The van der Waals surface area contributed by atoms with Gasteiger partial charge in [0.15, 0.2) is 5.69 Å². The molecule has 0 unspecified atom stereocenters. The van der Waals surface area contributed by atoms with Gasteiger partial charge in [0.2, 0.25) is 11.8 Å². The van der Waals surface area contributed by atoms with Gasteiger partial charge in [0, 0.05) is 37.6 Å². The molecule has 36 heavy (non-hydrogen) atoms. The average molecular weight is 489 g/mol. The highest BCUT2D eigenvalue weighted by molar-refractivity contribution is 6.04. The number of amides is 3. The first-order chi connectivity index (χ1) is 17.5. The molecule has 1 saturated carbocycles. The number of nitrogens with one attached hydrogen (secondary N) is 2. The largest absolute Gasteiger partial charge is 0.368 e. The fourth-order valence-corrected chi connectivity index (χ4v) is 5.60. The number of carbonyl (C=O) groups is 3. The normalized spacial score (nSPS) is 21.7. The Labute approximate surface area is 210 Å². The molecule has 1 saturated heterocycles. The maximum atomic E-state index is 13.4. The smallest absolute Gasteiger partial charge is 0.275 e. The Hall–Kier alpha value is -3.72. The van der Waals surface area contributed by atoms with Crippen LogP contribution in [0.2, 0.25) is 0 Å². The number of hydrogen-bond donors (Lipinski definition) is 3. The van der Waals surface area contributed by atoms with Crippen LogP contribution < -0.4 is 11.1 Å². The van der Waals surface area contributed by atoms with Crippen LogP contribution in [0.3, 0.4) is 0 Å². The summed E-state index contributed by atoms with van der Waals surface area (Å²) >= 11 is 0. The lowest BCUT2D eigenvalue weighted by Gasteiger charge is -2.43. The molecule has 9 heteroatoms. The summed E-state index contributed by atoms with van der Waals surface area (Å²) in [4.78, 5) is 42.8. The summed E-state index contributed by atoms with van der Waals surface area (Å²) in [5.41, 5.74) is 7.62. The summed E-state index contributed by atoms with van der Waals surface area (Å²) in [6, 6.07) is 16.0. The van der Waals surface area contributed by atoms with E-state index in [-0.39, 0.29) is 23.8 Å². The van der Waals surface area contributed by atoms with E-state index in [1.165, 1.54) is 0 Å². The highest BCUT2D eigenvalue weighted by Gasteiger charge is 2.38. The summed E-state index contributed by atoms with van der Waals surface area (Å²) in [6.07, 6.45) is 3.73. The van der Waals surface area contributed by atoms with Gasteiger partial charge in [-0.25, -0.2) is 0 Å². The molecule has 1 aliphatic carbocycles. The van der Waals surface area contributed by atoms with E-state index < -0.39 is 11.9 Å². The number of aromatic nitrogens is 2. The van der Waals surface area contributed by atoms with Crippen molar-refractivity contribution in [2.75, 3.05) is 26.2 Å². The number of fused-ring (bicyclic) bond motifs is 1. The van der Waals surface area contributed by atoms with Crippen LogP contribution in [0.4, 0.5) is 0 Å². The number of aromatic amines is 1. The fraction of sp³-hybridized carbons (Fsp3) is 0.407. The minimum Gasteiger partial charge on any atom is -0.368 e. The van der Waals surface area contributed by atoms with Crippen LogP contribution in [0.15, 0.2) is 54.6 Å². The molecule has 1 aliphatic heterocycles. The quantitative estimate of drug-likeness (QED) is 0.491. The van der Waals surface area contributed by atoms with E-state index in [0.717, 1.165) is 36.6 Å². The molecule has 2 fully saturated rings. The molecule has 0 bridgehead atoms. The first-order valence-electron chi connectivity index (χ1n) is 12.6. The third-order valence-corrected chi connectivity index (χ3v) is 7.51. The lowest BCUT2D eigenvalue weighted by molar-refractivity contribution is -0.133. The second kappa shape index (κ2) is 10.5. The number of benzene rings is 2. The number of H-pyrrole nitrogens is 1. The monoisotopic (exact) mass is 488 g/mol. The topological polar surface area (TPSA) is 124 Å². The van der Waals surface area contributed by atoms with E-state index in [4.69, 9.17) is 5.73 Å². The number of para-hydroxylation sites is 1. The standard InChI is InChI=1S/C27H32N6O3/c28-25(34)23(18-8-2-1-3-9-18)29-26(35)20-11-5-7-13-22(20)32-14-16-33(17-15-32)27(36)24-19-10-4-6-12-21(19)30-31-24/h1-4,6,8-10,12,20,22-23H,5,7,11,13-17H2,(H2,28,34)(H,29,35)(H,30,31)/t20-,22-,23+/m1/s1. The Morgan fingerprint density at radius 2 is 1.64 bits per heavy atom. The molecule has 9 nitrogen and oxygen atoms in total. The third-order valence-electron chi connectivity index (χ3n) is 7.51. The minimum atomic E-state index is -0.848. The van der Waals surface area contributed by atoms with Gasteiger partial charge in [-0.05, 0) is 24.5 Å². The van der Waals surface area contributed by atoms with E-state index in [1.807, 2.05) is 47.4 Å². The molecule has 188 valence electrons. The van der Waals surface area contributed by atoms with Gasteiger partial charge in [0.1, 0.15) is 6.04 Å². The van der Waals surface area contributed by atoms with Crippen LogP contribution in [0.5, 0.6) is 0 Å². The number of carbonyl (C=O) groups excluding carboxylic acids is 3. The molecule has 2 aromatic carbocycles. The number of rotatable bonds is 6. The molecule has 3 amide bonds. The summed E-state index contributed by atoms with van der Waals surface area (Å²) in [5.74, 6) is -0.993. The van der Waals surface area contributed by atoms with Crippen molar-refractivity contribution in [1.82, 2.24) is 25.3 Å². The first-order valence-corrected chi connectivity index (χ1v) is 12.6. The van der Waals surface area contributed by atoms with Gasteiger partial charge in [0.05, 0.1) is 11.4 Å². The molecular weight excluding hydrogens is 456 g/mol. The summed E-state index contributed by atoms with van der Waals surface area (Å²) in [6.45, 7) is 2.55. The predicted octanol–water partition coefficient (Wildman–Crippen LogP) is 2.22. The number of hydrogen-bond acceptors (Lipinski definition) is 5. The van der Waals surface area contributed by atoms with E-state index >= 15 is 0 Å². The molecule has 5 rings (SSSR count). The van der Waals surface area contributed by atoms with Crippen molar-refractivity contribution in [2.24, 2.45) is 11.7 Å². The summed E-state index contributed by atoms with van der Waals surface area (Å²) in [7, 11) is 0. The zero-order valence-corrected chi connectivity index (χ0v) is 20.2. The van der Waals surface area contributed by atoms with Crippen LogP contribution in [0, 0.1) is 5.92 Å². The first kappa shape index (κ1) is 24.0. The minimum absolute atomic E-state index is 0.0720. The second-order valence-corrected chi connectivity index (χ2v) is 9.66. The Morgan fingerprint density at radius 1 is 0.944 bits per heavy atom. The van der Waals surface area contributed by atoms with Crippen molar-refractivity contribution in [3.63, 3.8) is 0 Å². The highest BCUT2D eigenvalue weighted by Crippen LogP contribution is 2.30. The zero-order valence-electron chi connectivity index (χ0n) is 20.2. The van der Waals surface area contributed by atoms with E-state index in [0.29, 0.717) is 37.4 Å². The summed E-state index contributed by atoms with van der Waals surface area (Å²) < 4.78 is 0. The predicted molar refractivity (Wildman–Crippen MR) is 136 cm³/mol. The van der Waals surface area contributed by atoms with Crippen molar-refractivity contribution in [3.05, 3.63) is 65.9 Å². The van der Waals surface area contributed by atoms with Gasteiger partial charge in [-0.3, -0.25) is 24.4 Å². The maximum absolute atomic E-state index is 13.4. The van der Waals surface area contributed by atoms with E-state index in [1.54, 1.807) is 12.1 Å². The van der Waals surface area contributed by atoms with Gasteiger partial charge in [0.25, 0.3) is 5.91 Å². The maximum Gasteiger partial charge on any atom is 0.275 e. The van der Waals surface area contributed by atoms with Gasteiger partial charge >= 0.3 is 0 Å². The number of nitrogens with zero attached hydrogens (tertiary/aromatic N) is 3. The lowest BCUT2D eigenvalue weighted by Crippen LogP contribution is -2.56. The molecule has 0 radical (unpaired) electrons. The third kappa shape index (κ3) is 4.83. The van der Waals surface area contributed by atoms with Crippen molar-refractivity contribution < 1.29 is 14.4 Å². The van der Waals surface area contributed by atoms with Gasteiger partial charge in [-0.15, -0.1) is 0 Å². The number of primary amides is 1. The Kier molecular flexibility index (Phi) is 6.99. The number of piperazine rings is 1. The molecule has 3 aromatic rings. The SMILES string of the molecule is NC(=O)[C@@H](NC(=O)[C@@H]1CCCC[C@H]1N1CCN(C(=O)c2n[nH]c3ccccc23)CC1)c1ccccc1. The zero-order chi connectivity index (χ0) is 25.1. The molecule has 1 aromatic heterocycles. The van der Waals surface area contributed by atoms with Crippen LogP contribution in [-0.2, 0) is 9.59 Å². The van der Waals surface area contributed by atoms with Crippen LogP contribution >= 0.6 is 0 Å². The Bertz CT molecular complexity index is 1230. The Morgan fingerprint density at radius 3 is 2.39 bits per heavy atom. The fourth-order valence-electron chi connectivity index (χ4n) is 5.60. The summed E-state index contributed by atoms with van der Waals surface area (Å²) in [5, 5.41) is 10.9. The van der Waals surface area contributed by atoms with E-state index in [9.17, 15) is 14.4 Å². The second-order valence-electron chi connectivity index (χ2n) is 9.66. The van der Waals surface area contributed by atoms with Crippen molar-refractivity contribution in [3.8, 4) is 0 Å². The molecular formula is C27H32N6O3. The molecule has 0 spiro atoms. The average Bonchev–Trinajstić information content (AvgIpc) is 3.36. The molecule has 3 atom stereocenters.